The van der Waals surface area contributed by atoms with Gasteiger partial charge in [-0.15, -0.1) is 0 Å². The van der Waals surface area contributed by atoms with E-state index in [9.17, 15) is 9.90 Å². The van der Waals surface area contributed by atoms with Crippen LogP contribution >= 0.6 is 0 Å². The smallest absolute Gasteiger partial charge is 1.00 e. The van der Waals surface area contributed by atoms with Crippen molar-refractivity contribution in [3.05, 3.63) is 60.2 Å². The van der Waals surface area contributed by atoms with Gasteiger partial charge in [-0.05, 0) is 64.4 Å². The quantitative estimate of drug-likeness (QED) is 0.263. The number of amides is 1. The fourth-order valence-electron chi connectivity index (χ4n) is 3.31. The molecule has 0 radical (unpaired) electrons. The van der Waals surface area contributed by atoms with E-state index >= 15 is 0 Å². The second-order valence-corrected chi connectivity index (χ2v) is 8.36. The first-order chi connectivity index (χ1) is 19.9. The molecule has 0 unspecified atom stereocenters. The molecule has 0 aliphatic rings. The molecule has 0 bridgehead atoms. The van der Waals surface area contributed by atoms with Crippen molar-refractivity contribution in [3.63, 3.8) is 0 Å². The summed E-state index contributed by atoms with van der Waals surface area (Å²) < 4.78 is 0. The van der Waals surface area contributed by atoms with Crippen LogP contribution in [0.4, 0.5) is 4.79 Å². The van der Waals surface area contributed by atoms with Crippen molar-refractivity contribution in [1.29, 1.82) is 0 Å². The molecular weight excluding hydrogens is 985 g/mol. The number of carbonyl (C=O) groups excluding carboxylic acids is 7. The van der Waals surface area contributed by atoms with Gasteiger partial charge in [-0.2, -0.15) is 0 Å². The molecule has 0 fully saturated rings. The fourth-order valence-corrected chi connectivity index (χ4v) is 3.31. The van der Waals surface area contributed by atoms with Crippen molar-refractivity contribution in [2.24, 2.45) is 0 Å². The number of pyridine rings is 2. The molecule has 2 rings (SSSR count). The second kappa shape index (κ2) is 47.3. The predicted molar refractivity (Wildman–Crippen MR) is 156 cm³/mol. The second-order valence-electron chi connectivity index (χ2n) is 8.36. The van der Waals surface area contributed by atoms with Gasteiger partial charge in [0.1, 0.15) is 46.8 Å². The van der Waals surface area contributed by atoms with Crippen LogP contribution in [0.5, 0.6) is 0 Å². The van der Waals surface area contributed by atoms with Crippen LogP contribution in [-0.2, 0) is 82.7 Å². The molecule has 0 saturated carbocycles. The number of carbonyl (C=O) groups is 7. The molecule has 0 saturated heterocycles. The number of halogens is 1. The van der Waals surface area contributed by atoms with Gasteiger partial charge in [0.05, 0.1) is 11.4 Å². The molecule has 0 spiro atoms. The van der Waals surface area contributed by atoms with E-state index in [-0.39, 0.29) is 57.8 Å². The van der Waals surface area contributed by atoms with Gasteiger partial charge in [0.2, 0.25) is 0 Å². The standard InChI is InChI=1S/C23H34N4O2.6CH2O.BrH.2Re/c1-23(2,3)27(22(28)29)17-11-5-4-10-16-26(18-20-12-6-8-14-24-20)19-21-13-7-9-15-25-21;6*1-2;;;/h6-9,12-15H,4-5,10-11,16-19H2,1-3H3,(H,28,29);6*1H2;1H;;/q;;;;;;;;2*+1/p-2. The van der Waals surface area contributed by atoms with E-state index in [1.807, 2.05) is 110 Å². The Labute approximate surface area is 299 Å². The van der Waals surface area contributed by atoms with Crippen molar-refractivity contribution in [2.75, 3.05) is 13.1 Å². The maximum Gasteiger partial charge on any atom is 1.00 e. The van der Waals surface area contributed by atoms with Crippen molar-refractivity contribution in [3.8, 4) is 0 Å². The molecule has 2 aromatic heterocycles. The first-order valence-electron chi connectivity index (χ1n) is 12.1. The third-order valence-electron chi connectivity index (χ3n) is 4.86. The number of carboxylic acid groups (broad SMARTS) is 1. The van der Waals surface area contributed by atoms with Crippen LogP contribution < -0.4 is 22.1 Å². The van der Waals surface area contributed by atoms with E-state index in [1.165, 1.54) is 4.90 Å². The number of hydrogen-bond donors (Lipinski definition) is 0. The van der Waals surface area contributed by atoms with Crippen LogP contribution in [0.15, 0.2) is 48.8 Å². The molecule has 250 valence electrons. The average molecular weight is 1030 g/mol. The summed E-state index contributed by atoms with van der Waals surface area (Å²) in [6.07, 6.45) is 6.53. The average Bonchev–Trinajstić information content (AvgIpc) is 3.03. The summed E-state index contributed by atoms with van der Waals surface area (Å²) in [5, 5.41) is 11.3. The van der Waals surface area contributed by atoms with Gasteiger partial charge in [-0.3, -0.25) is 14.9 Å². The van der Waals surface area contributed by atoms with E-state index in [0.29, 0.717) is 6.54 Å². The summed E-state index contributed by atoms with van der Waals surface area (Å²) in [6, 6.07) is 12.0. The topological polar surface area (TPSA) is 175 Å². The Balaban J connectivity index is -0.000000129. The summed E-state index contributed by atoms with van der Waals surface area (Å²) >= 11 is 0. The Hall–Kier alpha value is -2.65. The van der Waals surface area contributed by atoms with Gasteiger partial charge in [-0.25, -0.2) is 0 Å². The summed E-state index contributed by atoms with van der Waals surface area (Å²) in [4.78, 5) is 72.0. The van der Waals surface area contributed by atoms with Gasteiger partial charge < -0.3 is 60.5 Å². The Kier molecular flexibility index (Phi) is 65.1. The molecule has 1 amide bonds. The molecule has 0 aliphatic carbocycles. The molecule has 0 N–H and O–H groups in total. The van der Waals surface area contributed by atoms with E-state index < -0.39 is 11.6 Å². The minimum absolute atomic E-state index is 0. The van der Waals surface area contributed by atoms with Gasteiger partial charge in [0.15, 0.2) is 0 Å². The monoisotopic (exact) mass is 1030 g/mol. The summed E-state index contributed by atoms with van der Waals surface area (Å²) in [6.45, 7) is 20.8. The Morgan fingerprint density at radius 2 is 1.00 bits per heavy atom. The molecular formula is C29H45BrN4O8Re2. The zero-order chi connectivity index (χ0) is 33.1. The molecule has 15 heteroatoms. The van der Waals surface area contributed by atoms with Crippen LogP contribution in [0.25, 0.3) is 0 Å². The van der Waals surface area contributed by atoms with Crippen LogP contribution in [0.3, 0.4) is 0 Å². The number of hydrogen-bond acceptors (Lipinski definition) is 11. The molecule has 44 heavy (non-hydrogen) atoms. The summed E-state index contributed by atoms with van der Waals surface area (Å²) in [5.41, 5.74) is 1.69. The van der Waals surface area contributed by atoms with Crippen molar-refractivity contribution >= 4 is 46.8 Å². The minimum Gasteiger partial charge on any atom is -1.00 e. The van der Waals surface area contributed by atoms with E-state index in [1.54, 1.807) is 0 Å². The van der Waals surface area contributed by atoms with Crippen LogP contribution in [0.1, 0.15) is 57.8 Å². The largest absolute Gasteiger partial charge is 1.00 e. The molecule has 2 heterocycles. The molecule has 12 nitrogen and oxygen atoms in total. The van der Waals surface area contributed by atoms with Crippen molar-refractivity contribution in [2.45, 2.75) is 65.1 Å². The number of rotatable bonds is 11. The molecule has 0 aliphatic heterocycles. The molecule has 0 atom stereocenters. The SMILES string of the molecule is C=O.C=O.C=O.C=O.C=O.C=O.CC(C)(C)N(CCCCCCN(Cc1ccccn1)Cc1ccccn1)C(=O)[O-].[Br-].[Re+].[Re+]. The zero-order valence-electron chi connectivity index (χ0n) is 25.7. The van der Waals surface area contributed by atoms with Crippen LogP contribution in [0, 0.1) is 0 Å². The van der Waals surface area contributed by atoms with Crippen molar-refractivity contribution < 1.29 is 96.5 Å². The predicted octanol–water partition coefficient (Wildman–Crippen LogP) is -0.627. The Morgan fingerprint density at radius 1 is 0.659 bits per heavy atom. The first-order valence-corrected chi connectivity index (χ1v) is 12.1. The van der Waals surface area contributed by atoms with Crippen molar-refractivity contribution in [1.82, 2.24) is 19.8 Å². The number of unbranched alkanes of at least 4 members (excludes halogenated alkanes) is 3. The fraction of sp³-hybridized carbons (Fsp3) is 0.414. The summed E-state index contributed by atoms with van der Waals surface area (Å²) in [7, 11) is 0. The molecule has 0 aromatic carbocycles. The summed E-state index contributed by atoms with van der Waals surface area (Å²) in [5.74, 6) is 0. The van der Waals surface area contributed by atoms with Gasteiger partial charge >= 0.3 is 40.8 Å². The normalized spacial score (nSPS) is 8.18. The third-order valence-corrected chi connectivity index (χ3v) is 4.86. The van der Waals surface area contributed by atoms with Crippen LogP contribution in [0.2, 0.25) is 0 Å². The van der Waals surface area contributed by atoms with E-state index in [0.717, 1.165) is 56.7 Å². The van der Waals surface area contributed by atoms with Crippen LogP contribution in [-0.4, -0.2) is 85.2 Å². The third kappa shape index (κ3) is 35.6. The van der Waals surface area contributed by atoms with Gasteiger partial charge in [-0.1, -0.05) is 25.0 Å². The maximum absolute atomic E-state index is 11.3. The molecule has 2 aromatic rings. The number of nitrogens with zero attached hydrogens (tertiary/aromatic N) is 4. The minimum atomic E-state index is -1.09. The van der Waals surface area contributed by atoms with E-state index in [4.69, 9.17) is 28.8 Å². The number of aromatic nitrogens is 2. The van der Waals surface area contributed by atoms with Gasteiger partial charge in [0, 0.05) is 37.6 Å². The first kappa shape index (κ1) is 60.5. The Bertz CT molecular complexity index is 788. The maximum atomic E-state index is 11.3. The Morgan fingerprint density at radius 3 is 1.27 bits per heavy atom. The van der Waals surface area contributed by atoms with E-state index in [2.05, 4.69) is 14.9 Å². The van der Waals surface area contributed by atoms with Gasteiger partial charge in [0.25, 0.3) is 0 Å². The zero-order valence-corrected chi connectivity index (χ0v) is 32.7.